The van der Waals surface area contributed by atoms with Gasteiger partial charge in [-0.3, -0.25) is 4.79 Å². The molecule has 0 saturated carbocycles. The minimum Gasteiger partial charge on any atom is -0.452 e. The van der Waals surface area contributed by atoms with Gasteiger partial charge in [-0.1, -0.05) is 42.5 Å². The summed E-state index contributed by atoms with van der Waals surface area (Å²) in [6, 6.07) is 17.5. The van der Waals surface area contributed by atoms with Crippen LogP contribution in [0.25, 0.3) is 6.08 Å². The standard InChI is InChI=1S/C20H21NO3S/c1-21(14-17-6-4-3-5-7-17)19(22)15-24-20(23)13-10-16-8-11-18(25-2)12-9-16/h3-13H,14-15H2,1-2H3/b13-10+. The van der Waals surface area contributed by atoms with Gasteiger partial charge in [0.1, 0.15) is 0 Å². The molecule has 0 N–H and O–H groups in total. The van der Waals surface area contributed by atoms with E-state index in [0.717, 1.165) is 16.0 Å². The number of ether oxygens (including phenoxy) is 1. The normalized spacial score (nSPS) is 10.6. The van der Waals surface area contributed by atoms with E-state index >= 15 is 0 Å². The largest absolute Gasteiger partial charge is 0.452 e. The summed E-state index contributed by atoms with van der Waals surface area (Å²) in [6.07, 6.45) is 5.01. The first-order valence-corrected chi connectivity index (χ1v) is 9.08. The first-order valence-electron chi connectivity index (χ1n) is 7.85. The molecule has 2 aromatic rings. The molecule has 0 spiro atoms. The molecule has 0 unspecified atom stereocenters. The fourth-order valence-electron chi connectivity index (χ4n) is 2.12. The molecule has 5 heteroatoms. The Labute approximate surface area is 152 Å². The van der Waals surface area contributed by atoms with Crippen molar-refractivity contribution in [1.29, 1.82) is 0 Å². The van der Waals surface area contributed by atoms with E-state index in [0.29, 0.717) is 6.54 Å². The van der Waals surface area contributed by atoms with Gasteiger partial charge in [0.05, 0.1) is 0 Å². The summed E-state index contributed by atoms with van der Waals surface area (Å²) in [6.45, 7) is 0.215. The minimum atomic E-state index is -0.532. The molecular formula is C20H21NO3S. The maximum absolute atomic E-state index is 12.0. The van der Waals surface area contributed by atoms with E-state index in [1.807, 2.05) is 60.9 Å². The van der Waals surface area contributed by atoms with Crippen molar-refractivity contribution in [3.63, 3.8) is 0 Å². The van der Waals surface area contributed by atoms with Crippen molar-refractivity contribution in [2.75, 3.05) is 19.9 Å². The van der Waals surface area contributed by atoms with E-state index in [1.54, 1.807) is 24.9 Å². The molecule has 0 fully saturated rings. The van der Waals surface area contributed by atoms with E-state index in [2.05, 4.69) is 0 Å². The molecule has 130 valence electrons. The average Bonchev–Trinajstić information content (AvgIpc) is 2.65. The number of likely N-dealkylation sites (N-methyl/N-ethyl adjacent to an activating group) is 1. The monoisotopic (exact) mass is 355 g/mol. The van der Waals surface area contributed by atoms with Crippen LogP contribution in [-0.4, -0.2) is 36.7 Å². The van der Waals surface area contributed by atoms with Crippen LogP contribution < -0.4 is 0 Å². The molecular weight excluding hydrogens is 334 g/mol. The minimum absolute atomic E-state index is 0.241. The van der Waals surface area contributed by atoms with Gasteiger partial charge in [0, 0.05) is 24.6 Å². The van der Waals surface area contributed by atoms with Crippen LogP contribution in [0.3, 0.4) is 0 Å². The quantitative estimate of drug-likeness (QED) is 0.432. The molecule has 0 radical (unpaired) electrons. The van der Waals surface area contributed by atoms with Crippen molar-refractivity contribution in [1.82, 2.24) is 4.90 Å². The molecule has 2 rings (SSSR count). The maximum atomic E-state index is 12.0. The lowest BCUT2D eigenvalue weighted by Crippen LogP contribution is -2.30. The highest BCUT2D eigenvalue weighted by Crippen LogP contribution is 2.15. The van der Waals surface area contributed by atoms with Crippen molar-refractivity contribution in [3.05, 3.63) is 71.8 Å². The fraction of sp³-hybridized carbons (Fsp3) is 0.200. The molecule has 0 atom stereocenters. The van der Waals surface area contributed by atoms with E-state index in [1.165, 1.54) is 11.0 Å². The lowest BCUT2D eigenvalue weighted by molar-refractivity contribution is -0.147. The van der Waals surface area contributed by atoms with E-state index < -0.39 is 5.97 Å². The number of hydrogen-bond acceptors (Lipinski definition) is 4. The Kier molecular flexibility index (Phi) is 7.29. The Morgan fingerprint density at radius 2 is 1.76 bits per heavy atom. The number of nitrogens with zero attached hydrogens (tertiary/aromatic N) is 1. The van der Waals surface area contributed by atoms with Gasteiger partial charge >= 0.3 is 5.97 Å². The van der Waals surface area contributed by atoms with Crippen LogP contribution in [-0.2, 0) is 20.9 Å². The molecule has 0 saturated heterocycles. The molecule has 2 aromatic carbocycles. The molecule has 4 nitrogen and oxygen atoms in total. The van der Waals surface area contributed by atoms with Crippen LogP contribution in [0.4, 0.5) is 0 Å². The summed E-state index contributed by atoms with van der Waals surface area (Å²) in [5.41, 5.74) is 1.93. The Bertz CT molecular complexity index is 726. The number of carbonyl (C=O) groups is 2. The van der Waals surface area contributed by atoms with Crippen molar-refractivity contribution in [3.8, 4) is 0 Å². The van der Waals surface area contributed by atoms with Crippen molar-refractivity contribution < 1.29 is 14.3 Å². The summed E-state index contributed by atoms with van der Waals surface area (Å²) in [5.74, 6) is -0.773. The average molecular weight is 355 g/mol. The van der Waals surface area contributed by atoms with Gasteiger partial charge in [0.15, 0.2) is 6.61 Å². The highest BCUT2D eigenvalue weighted by atomic mass is 32.2. The zero-order chi connectivity index (χ0) is 18.1. The molecule has 0 aliphatic rings. The van der Waals surface area contributed by atoms with E-state index in [9.17, 15) is 9.59 Å². The van der Waals surface area contributed by atoms with Gasteiger partial charge in [-0.05, 0) is 35.6 Å². The van der Waals surface area contributed by atoms with Gasteiger partial charge < -0.3 is 9.64 Å². The molecule has 25 heavy (non-hydrogen) atoms. The van der Waals surface area contributed by atoms with Crippen LogP contribution >= 0.6 is 11.8 Å². The third kappa shape index (κ3) is 6.47. The summed E-state index contributed by atoms with van der Waals surface area (Å²) in [7, 11) is 1.69. The first-order chi connectivity index (χ1) is 12.1. The molecule has 1 amide bonds. The topological polar surface area (TPSA) is 46.6 Å². The molecule has 0 aliphatic heterocycles. The van der Waals surface area contributed by atoms with Gasteiger partial charge in [0.2, 0.25) is 0 Å². The van der Waals surface area contributed by atoms with Gasteiger partial charge in [0.25, 0.3) is 5.91 Å². The van der Waals surface area contributed by atoms with Crippen LogP contribution in [0.5, 0.6) is 0 Å². The summed E-state index contributed by atoms with van der Waals surface area (Å²) in [4.78, 5) is 26.5. The second kappa shape index (κ2) is 9.69. The van der Waals surface area contributed by atoms with Crippen LogP contribution in [0.1, 0.15) is 11.1 Å². The van der Waals surface area contributed by atoms with Crippen molar-refractivity contribution in [2.24, 2.45) is 0 Å². The third-order valence-electron chi connectivity index (χ3n) is 3.55. The third-order valence-corrected chi connectivity index (χ3v) is 4.30. The van der Waals surface area contributed by atoms with Crippen molar-refractivity contribution >= 4 is 29.7 Å². The van der Waals surface area contributed by atoms with Gasteiger partial charge in [-0.2, -0.15) is 0 Å². The maximum Gasteiger partial charge on any atom is 0.331 e. The smallest absolute Gasteiger partial charge is 0.331 e. The number of thioether (sulfide) groups is 1. The predicted molar refractivity (Wildman–Crippen MR) is 101 cm³/mol. The lowest BCUT2D eigenvalue weighted by atomic mass is 10.2. The second-order valence-electron chi connectivity index (χ2n) is 5.45. The van der Waals surface area contributed by atoms with Crippen molar-refractivity contribution in [2.45, 2.75) is 11.4 Å². The zero-order valence-electron chi connectivity index (χ0n) is 14.3. The van der Waals surface area contributed by atoms with Crippen LogP contribution in [0.2, 0.25) is 0 Å². The summed E-state index contributed by atoms with van der Waals surface area (Å²) in [5, 5.41) is 0. The second-order valence-corrected chi connectivity index (χ2v) is 6.33. The molecule has 0 heterocycles. The summed E-state index contributed by atoms with van der Waals surface area (Å²) >= 11 is 1.66. The SMILES string of the molecule is CSc1ccc(/C=C/C(=O)OCC(=O)N(C)Cc2ccccc2)cc1. The Hall–Kier alpha value is -2.53. The number of hydrogen-bond donors (Lipinski definition) is 0. The number of carbonyl (C=O) groups excluding carboxylic acids is 2. The molecule has 0 bridgehead atoms. The Morgan fingerprint density at radius 3 is 2.40 bits per heavy atom. The Balaban J connectivity index is 1.78. The van der Waals surface area contributed by atoms with Gasteiger partial charge in [-0.15, -0.1) is 11.8 Å². The molecule has 0 aliphatic carbocycles. The predicted octanol–water partition coefficient (Wildman–Crippen LogP) is 3.62. The highest BCUT2D eigenvalue weighted by Gasteiger charge is 2.11. The van der Waals surface area contributed by atoms with E-state index in [-0.39, 0.29) is 12.5 Å². The zero-order valence-corrected chi connectivity index (χ0v) is 15.2. The fourth-order valence-corrected chi connectivity index (χ4v) is 2.52. The Morgan fingerprint density at radius 1 is 1.08 bits per heavy atom. The van der Waals surface area contributed by atoms with Crippen LogP contribution in [0.15, 0.2) is 65.6 Å². The number of rotatable bonds is 7. The molecule has 0 aromatic heterocycles. The first kappa shape index (κ1) is 18.8. The number of amides is 1. The van der Waals surface area contributed by atoms with Gasteiger partial charge in [-0.25, -0.2) is 4.79 Å². The van der Waals surface area contributed by atoms with Crippen LogP contribution in [0, 0.1) is 0 Å². The number of esters is 1. The highest BCUT2D eigenvalue weighted by molar-refractivity contribution is 7.98. The van der Waals surface area contributed by atoms with E-state index in [4.69, 9.17) is 4.74 Å². The number of benzene rings is 2. The lowest BCUT2D eigenvalue weighted by Gasteiger charge is -2.16. The summed E-state index contributed by atoms with van der Waals surface area (Å²) < 4.78 is 5.01.